The van der Waals surface area contributed by atoms with E-state index >= 15 is 0 Å². The molecule has 7 nitrogen and oxygen atoms in total. The monoisotopic (exact) mass is 264 g/mol. The number of carboxylic acids is 1. The van der Waals surface area contributed by atoms with Crippen LogP contribution in [-0.4, -0.2) is 56.1 Å². The van der Waals surface area contributed by atoms with Crippen molar-refractivity contribution in [3.05, 3.63) is 18.2 Å². The average molecular weight is 264 g/mol. The van der Waals surface area contributed by atoms with Crippen LogP contribution in [0.2, 0.25) is 0 Å². The van der Waals surface area contributed by atoms with Gasteiger partial charge in [0.25, 0.3) is 0 Å². The molecule has 102 valence electrons. The van der Waals surface area contributed by atoms with Crippen LogP contribution in [0.15, 0.2) is 12.4 Å². The molecule has 2 aliphatic rings. The van der Waals surface area contributed by atoms with Crippen LogP contribution in [0.25, 0.3) is 0 Å². The fourth-order valence-electron chi connectivity index (χ4n) is 2.67. The van der Waals surface area contributed by atoms with Crippen LogP contribution in [0.1, 0.15) is 12.2 Å². The van der Waals surface area contributed by atoms with Crippen molar-refractivity contribution in [2.75, 3.05) is 19.6 Å². The van der Waals surface area contributed by atoms with E-state index in [9.17, 15) is 9.59 Å². The normalized spacial score (nSPS) is 22.4. The molecule has 1 fully saturated rings. The zero-order valence-electron chi connectivity index (χ0n) is 10.5. The standard InChI is InChI=1S/C12H16N4O3/c17-11(18)9-1-3-15(7-9)12(19)16-6-5-14-4-2-13-10(14)8-16/h2,4,9H,1,3,5-8H2,(H,17,18). The Bertz CT molecular complexity index is 513. The Hall–Kier alpha value is -2.05. The molecular formula is C12H16N4O3. The van der Waals surface area contributed by atoms with Crippen LogP contribution in [0.4, 0.5) is 4.79 Å². The van der Waals surface area contributed by atoms with E-state index in [1.807, 2.05) is 10.8 Å². The first-order valence-electron chi connectivity index (χ1n) is 6.42. The maximum absolute atomic E-state index is 12.3. The van der Waals surface area contributed by atoms with Crippen molar-refractivity contribution in [3.63, 3.8) is 0 Å². The van der Waals surface area contributed by atoms with Crippen molar-refractivity contribution in [2.24, 2.45) is 5.92 Å². The van der Waals surface area contributed by atoms with E-state index in [2.05, 4.69) is 4.98 Å². The Balaban J connectivity index is 1.65. The summed E-state index contributed by atoms with van der Waals surface area (Å²) in [5.74, 6) is -0.353. The van der Waals surface area contributed by atoms with Crippen molar-refractivity contribution in [2.45, 2.75) is 19.5 Å². The summed E-state index contributed by atoms with van der Waals surface area (Å²) in [7, 11) is 0. The number of aromatic nitrogens is 2. The van der Waals surface area contributed by atoms with Gasteiger partial charge in [0.2, 0.25) is 0 Å². The van der Waals surface area contributed by atoms with Gasteiger partial charge in [-0.15, -0.1) is 0 Å². The van der Waals surface area contributed by atoms with E-state index in [0.29, 0.717) is 32.6 Å². The number of aliphatic carboxylic acids is 1. The number of carbonyl (C=O) groups excluding carboxylic acids is 1. The number of carbonyl (C=O) groups is 2. The summed E-state index contributed by atoms with van der Waals surface area (Å²) in [5.41, 5.74) is 0. The van der Waals surface area contributed by atoms with Crippen LogP contribution in [0, 0.1) is 5.92 Å². The van der Waals surface area contributed by atoms with Gasteiger partial charge in [-0.1, -0.05) is 0 Å². The number of urea groups is 1. The Labute approximate surface area is 110 Å². The Kier molecular flexibility index (Phi) is 2.88. The Morgan fingerprint density at radius 1 is 1.26 bits per heavy atom. The molecule has 0 aliphatic carbocycles. The molecule has 1 aromatic rings. The van der Waals surface area contributed by atoms with E-state index < -0.39 is 11.9 Å². The first kappa shape index (κ1) is 12.0. The lowest BCUT2D eigenvalue weighted by atomic mass is 10.1. The molecule has 1 atom stereocenters. The van der Waals surface area contributed by atoms with Gasteiger partial charge in [0.1, 0.15) is 5.82 Å². The van der Waals surface area contributed by atoms with Gasteiger partial charge in [0.05, 0.1) is 12.5 Å². The number of rotatable bonds is 1. The highest BCUT2D eigenvalue weighted by atomic mass is 16.4. The van der Waals surface area contributed by atoms with E-state index in [1.165, 1.54) is 0 Å². The van der Waals surface area contributed by atoms with Gasteiger partial charge in [0, 0.05) is 38.6 Å². The quantitative estimate of drug-likeness (QED) is 0.787. The highest BCUT2D eigenvalue weighted by molar-refractivity contribution is 5.77. The summed E-state index contributed by atoms with van der Waals surface area (Å²) in [6.45, 7) is 2.74. The molecule has 2 aliphatic heterocycles. The zero-order chi connectivity index (χ0) is 13.4. The van der Waals surface area contributed by atoms with E-state index in [0.717, 1.165) is 12.4 Å². The molecule has 1 aromatic heterocycles. The summed E-state index contributed by atoms with van der Waals surface area (Å²) in [6.07, 6.45) is 4.19. The molecule has 0 bridgehead atoms. The predicted molar refractivity (Wildman–Crippen MR) is 65.3 cm³/mol. The van der Waals surface area contributed by atoms with Crippen LogP contribution >= 0.6 is 0 Å². The van der Waals surface area contributed by atoms with Crippen molar-refractivity contribution in [1.29, 1.82) is 0 Å². The van der Waals surface area contributed by atoms with Gasteiger partial charge in [0.15, 0.2) is 0 Å². The topological polar surface area (TPSA) is 78.7 Å². The molecule has 0 spiro atoms. The molecule has 7 heteroatoms. The minimum absolute atomic E-state index is 0.0713. The summed E-state index contributed by atoms with van der Waals surface area (Å²) in [5, 5.41) is 8.96. The fourth-order valence-corrected chi connectivity index (χ4v) is 2.67. The van der Waals surface area contributed by atoms with Crippen molar-refractivity contribution < 1.29 is 14.7 Å². The highest BCUT2D eigenvalue weighted by Crippen LogP contribution is 2.20. The third kappa shape index (κ3) is 2.16. The van der Waals surface area contributed by atoms with Crippen LogP contribution in [-0.2, 0) is 17.9 Å². The van der Waals surface area contributed by atoms with Crippen molar-refractivity contribution in [3.8, 4) is 0 Å². The maximum Gasteiger partial charge on any atom is 0.320 e. The minimum Gasteiger partial charge on any atom is -0.481 e. The molecule has 0 radical (unpaired) electrons. The number of hydrogen-bond acceptors (Lipinski definition) is 3. The summed E-state index contributed by atoms with van der Waals surface area (Å²) >= 11 is 0. The molecule has 1 saturated heterocycles. The number of hydrogen-bond donors (Lipinski definition) is 1. The van der Waals surface area contributed by atoms with Crippen LogP contribution in [0.5, 0.6) is 0 Å². The number of imidazole rings is 1. The molecule has 0 aromatic carbocycles. The Morgan fingerprint density at radius 2 is 2.11 bits per heavy atom. The molecule has 19 heavy (non-hydrogen) atoms. The largest absolute Gasteiger partial charge is 0.481 e. The Morgan fingerprint density at radius 3 is 2.84 bits per heavy atom. The second-order valence-electron chi connectivity index (χ2n) is 5.01. The average Bonchev–Trinajstić information content (AvgIpc) is 3.06. The number of likely N-dealkylation sites (tertiary alicyclic amines) is 1. The molecular weight excluding hydrogens is 248 g/mol. The van der Waals surface area contributed by atoms with Gasteiger partial charge in [-0.2, -0.15) is 0 Å². The second kappa shape index (κ2) is 4.56. The van der Waals surface area contributed by atoms with E-state index in [4.69, 9.17) is 5.11 Å². The number of carboxylic acid groups (broad SMARTS) is 1. The zero-order valence-corrected chi connectivity index (χ0v) is 10.5. The number of amides is 2. The smallest absolute Gasteiger partial charge is 0.320 e. The van der Waals surface area contributed by atoms with Crippen molar-refractivity contribution >= 4 is 12.0 Å². The minimum atomic E-state index is -0.815. The number of nitrogens with zero attached hydrogens (tertiary/aromatic N) is 4. The van der Waals surface area contributed by atoms with Gasteiger partial charge >= 0.3 is 12.0 Å². The third-order valence-electron chi connectivity index (χ3n) is 3.82. The summed E-state index contributed by atoms with van der Waals surface area (Å²) < 4.78 is 2.04. The highest BCUT2D eigenvalue weighted by Gasteiger charge is 2.34. The lowest BCUT2D eigenvalue weighted by Crippen LogP contribution is -2.45. The van der Waals surface area contributed by atoms with Gasteiger partial charge in [-0.3, -0.25) is 4.79 Å². The van der Waals surface area contributed by atoms with Crippen LogP contribution in [0.3, 0.4) is 0 Å². The molecule has 1 N–H and O–H groups in total. The fraction of sp³-hybridized carbons (Fsp3) is 0.583. The first-order valence-corrected chi connectivity index (χ1v) is 6.42. The van der Waals surface area contributed by atoms with Crippen LogP contribution < -0.4 is 0 Å². The van der Waals surface area contributed by atoms with Crippen molar-refractivity contribution in [1.82, 2.24) is 19.4 Å². The molecule has 0 saturated carbocycles. The van der Waals surface area contributed by atoms with E-state index in [1.54, 1.807) is 16.0 Å². The molecule has 1 unspecified atom stereocenters. The second-order valence-corrected chi connectivity index (χ2v) is 5.01. The number of fused-ring (bicyclic) bond motifs is 1. The predicted octanol–water partition coefficient (Wildman–Crippen LogP) is 0.225. The summed E-state index contributed by atoms with van der Waals surface area (Å²) in [6, 6.07) is -0.0713. The lowest BCUT2D eigenvalue weighted by Gasteiger charge is -2.31. The third-order valence-corrected chi connectivity index (χ3v) is 3.82. The molecule has 2 amide bonds. The van der Waals surface area contributed by atoms with Gasteiger partial charge < -0.3 is 19.5 Å². The molecule has 3 rings (SSSR count). The van der Waals surface area contributed by atoms with Gasteiger partial charge in [-0.25, -0.2) is 9.78 Å². The van der Waals surface area contributed by atoms with Gasteiger partial charge in [-0.05, 0) is 6.42 Å². The van der Waals surface area contributed by atoms with E-state index in [-0.39, 0.29) is 6.03 Å². The SMILES string of the molecule is O=C(O)C1CCN(C(=O)N2CCn3ccnc3C2)C1. The maximum atomic E-state index is 12.3. The first-order chi connectivity index (χ1) is 9.15. The summed E-state index contributed by atoms with van der Waals surface area (Å²) in [4.78, 5) is 30.8. The lowest BCUT2D eigenvalue weighted by molar-refractivity contribution is -0.141. The molecule has 3 heterocycles.